The van der Waals surface area contributed by atoms with Crippen LogP contribution in [0.2, 0.25) is 0 Å². The molecule has 0 N–H and O–H groups in total. The van der Waals surface area contributed by atoms with Crippen LogP contribution < -0.4 is 0 Å². The van der Waals surface area contributed by atoms with Crippen molar-refractivity contribution in [3.8, 4) is 0 Å². The first-order valence-corrected chi connectivity index (χ1v) is 8.49. The van der Waals surface area contributed by atoms with Gasteiger partial charge in [-0.2, -0.15) is 16.3 Å². The average Bonchev–Trinajstić information content (AvgIpc) is 3.20. The molecule has 0 saturated carbocycles. The van der Waals surface area contributed by atoms with Crippen LogP contribution in [0.5, 0.6) is 0 Å². The highest BCUT2D eigenvalue weighted by atomic mass is 32.1. The van der Waals surface area contributed by atoms with Crippen LogP contribution in [-0.4, -0.2) is 53.2 Å². The molecular formula is C15H22N4O2S. The predicted octanol–water partition coefficient (Wildman–Crippen LogP) is 2.16. The summed E-state index contributed by atoms with van der Waals surface area (Å²) in [5.41, 5.74) is 1.42. The van der Waals surface area contributed by atoms with Crippen molar-refractivity contribution in [1.82, 2.24) is 19.9 Å². The van der Waals surface area contributed by atoms with Crippen molar-refractivity contribution in [3.05, 3.63) is 34.1 Å². The van der Waals surface area contributed by atoms with Gasteiger partial charge in [-0.05, 0) is 29.3 Å². The Bertz CT molecular complexity index is 564. The highest BCUT2D eigenvalue weighted by Crippen LogP contribution is 2.23. The third-order valence-corrected chi connectivity index (χ3v) is 4.82. The van der Waals surface area contributed by atoms with Gasteiger partial charge in [0.25, 0.3) is 0 Å². The lowest BCUT2D eigenvalue weighted by atomic mass is 10.1. The molecule has 3 heterocycles. The van der Waals surface area contributed by atoms with Crippen molar-refractivity contribution in [1.29, 1.82) is 0 Å². The number of rotatable bonds is 6. The van der Waals surface area contributed by atoms with Crippen molar-refractivity contribution in [2.75, 3.05) is 33.3 Å². The molecule has 0 bridgehead atoms. The molecule has 120 valence electrons. The van der Waals surface area contributed by atoms with Gasteiger partial charge < -0.3 is 9.26 Å². The number of thiophene rings is 1. The van der Waals surface area contributed by atoms with Crippen LogP contribution in [0.1, 0.15) is 30.2 Å². The molecule has 0 aromatic carbocycles. The summed E-state index contributed by atoms with van der Waals surface area (Å²) < 4.78 is 10.3. The van der Waals surface area contributed by atoms with Crippen molar-refractivity contribution < 1.29 is 9.26 Å². The molecule has 0 amide bonds. The van der Waals surface area contributed by atoms with E-state index in [0.717, 1.165) is 32.7 Å². The lowest BCUT2D eigenvalue weighted by Gasteiger charge is -2.37. The summed E-state index contributed by atoms with van der Waals surface area (Å²) in [5.74, 6) is 1.29. The maximum Gasteiger partial charge on any atom is 0.240 e. The van der Waals surface area contributed by atoms with Crippen LogP contribution >= 0.6 is 11.3 Å². The third-order valence-electron chi connectivity index (χ3n) is 4.12. The summed E-state index contributed by atoms with van der Waals surface area (Å²) in [6.45, 7) is 7.58. The molecule has 0 radical (unpaired) electrons. The predicted molar refractivity (Wildman–Crippen MR) is 84.6 cm³/mol. The minimum Gasteiger partial charge on any atom is -0.377 e. The van der Waals surface area contributed by atoms with E-state index >= 15 is 0 Å². The normalized spacial score (nSPS) is 18.6. The van der Waals surface area contributed by atoms with E-state index in [-0.39, 0.29) is 0 Å². The zero-order valence-electron chi connectivity index (χ0n) is 13.1. The summed E-state index contributed by atoms with van der Waals surface area (Å²) in [6, 6.07) is 2.71. The molecule has 1 aliphatic heterocycles. The summed E-state index contributed by atoms with van der Waals surface area (Å²) in [7, 11) is 1.63. The van der Waals surface area contributed by atoms with E-state index in [0.29, 0.717) is 24.4 Å². The van der Waals surface area contributed by atoms with Gasteiger partial charge in [-0.3, -0.25) is 9.80 Å². The van der Waals surface area contributed by atoms with Gasteiger partial charge in [0.05, 0.1) is 6.54 Å². The van der Waals surface area contributed by atoms with Crippen molar-refractivity contribution >= 4 is 11.3 Å². The maximum absolute atomic E-state index is 5.26. The van der Waals surface area contributed by atoms with E-state index in [4.69, 9.17) is 9.26 Å². The van der Waals surface area contributed by atoms with Crippen LogP contribution in [0.4, 0.5) is 0 Å². The maximum atomic E-state index is 5.26. The Morgan fingerprint density at radius 2 is 2.18 bits per heavy atom. The number of hydrogen-bond donors (Lipinski definition) is 0. The summed E-state index contributed by atoms with van der Waals surface area (Å²) in [5, 5.41) is 8.29. The lowest BCUT2D eigenvalue weighted by Crippen LogP contribution is -2.46. The average molecular weight is 322 g/mol. The first kappa shape index (κ1) is 15.6. The Morgan fingerprint density at radius 3 is 2.86 bits per heavy atom. The highest BCUT2D eigenvalue weighted by molar-refractivity contribution is 7.07. The molecule has 22 heavy (non-hydrogen) atoms. The number of nitrogens with zero attached hydrogens (tertiary/aromatic N) is 4. The Morgan fingerprint density at radius 1 is 1.36 bits per heavy atom. The second-order valence-electron chi connectivity index (χ2n) is 5.58. The quantitative estimate of drug-likeness (QED) is 0.812. The minimum absolute atomic E-state index is 0.398. The standard InChI is InChI=1S/C15H22N4O2S/c1-12(13-3-8-22-11-13)19-6-4-18(5-7-19)9-15-16-14(10-20-2)17-21-15/h3,8,11-12H,4-7,9-10H2,1-2H3/t12-/m0/s1. The number of piperazine rings is 1. The molecule has 6 nitrogen and oxygen atoms in total. The van der Waals surface area contributed by atoms with E-state index in [9.17, 15) is 0 Å². The molecule has 0 aliphatic carbocycles. The molecule has 1 saturated heterocycles. The second-order valence-corrected chi connectivity index (χ2v) is 6.36. The lowest BCUT2D eigenvalue weighted by molar-refractivity contribution is 0.0906. The summed E-state index contributed by atoms with van der Waals surface area (Å²) >= 11 is 1.77. The third kappa shape index (κ3) is 3.73. The minimum atomic E-state index is 0.398. The van der Waals surface area contributed by atoms with Gasteiger partial charge in [0.1, 0.15) is 6.61 Å². The van der Waals surface area contributed by atoms with Crippen LogP contribution in [0.3, 0.4) is 0 Å². The van der Waals surface area contributed by atoms with Crippen LogP contribution in [0.15, 0.2) is 21.3 Å². The monoisotopic (exact) mass is 322 g/mol. The fourth-order valence-corrected chi connectivity index (χ4v) is 3.51. The Kier molecular flexibility index (Phi) is 5.20. The largest absolute Gasteiger partial charge is 0.377 e. The van der Waals surface area contributed by atoms with E-state index in [1.807, 2.05) is 0 Å². The van der Waals surface area contributed by atoms with Gasteiger partial charge in [0.2, 0.25) is 5.89 Å². The zero-order valence-corrected chi connectivity index (χ0v) is 13.9. The van der Waals surface area contributed by atoms with E-state index < -0.39 is 0 Å². The van der Waals surface area contributed by atoms with Gasteiger partial charge in [-0.15, -0.1) is 0 Å². The molecular weight excluding hydrogens is 300 g/mol. The SMILES string of the molecule is COCc1noc(CN2CCN([C@@H](C)c3ccsc3)CC2)n1. The second kappa shape index (κ2) is 7.32. The fraction of sp³-hybridized carbons (Fsp3) is 0.600. The van der Waals surface area contributed by atoms with Crippen molar-refractivity contribution in [3.63, 3.8) is 0 Å². The first-order valence-electron chi connectivity index (χ1n) is 7.55. The molecule has 1 atom stereocenters. The summed E-state index contributed by atoms with van der Waals surface area (Å²) in [4.78, 5) is 9.22. The Balaban J connectivity index is 1.49. The Labute approximate surface area is 134 Å². The Hall–Kier alpha value is -1.28. The van der Waals surface area contributed by atoms with E-state index in [1.54, 1.807) is 18.4 Å². The molecule has 7 heteroatoms. The molecule has 0 unspecified atom stereocenters. The number of aromatic nitrogens is 2. The first-order chi connectivity index (χ1) is 10.8. The van der Waals surface area contributed by atoms with Crippen LogP contribution in [0.25, 0.3) is 0 Å². The fourth-order valence-electron chi connectivity index (χ4n) is 2.77. The molecule has 2 aromatic rings. The van der Waals surface area contributed by atoms with Crippen molar-refractivity contribution in [2.45, 2.75) is 26.1 Å². The molecule has 3 rings (SSSR count). The topological polar surface area (TPSA) is 54.6 Å². The number of hydrogen-bond acceptors (Lipinski definition) is 7. The smallest absolute Gasteiger partial charge is 0.240 e. The van der Waals surface area contributed by atoms with Gasteiger partial charge in [0.15, 0.2) is 5.82 Å². The highest BCUT2D eigenvalue weighted by Gasteiger charge is 2.23. The van der Waals surface area contributed by atoms with Gasteiger partial charge in [-0.1, -0.05) is 5.16 Å². The van der Waals surface area contributed by atoms with E-state index in [1.165, 1.54) is 5.56 Å². The molecule has 0 spiro atoms. The van der Waals surface area contributed by atoms with Crippen LogP contribution in [-0.2, 0) is 17.9 Å². The molecule has 1 fully saturated rings. The van der Waals surface area contributed by atoms with Gasteiger partial charge in [0, 0.05) is 39.3 Å². The van der Waals surface area contributed by atoms with E-state index in [2.05, 4.69) is 43.7 Å². The van der Waals surface area contributed by atoms with Crippen LogP contribution in [0, 0.1) is 0 Å². The number of ether oxygens (including phenoxy) is 1. The molecule has 2 aromatic heterocycles. The number of methoxy groups -OCH3 is 1. The van der Waals surface area contributed by atoms with Crippen molar-refractivity contribution in [2.24, 2.45) is 0 Å². The summed E-state index contributed by atoms with van der Waals surface area (Å²) in [6.07, 6.45) is 0. The van der Waals surface area contributed by atoms with Gasteiger partial charge >= 0.3 is 0 Å². The zero-order chi connectivity index (χ0) is 15.4. The molecule has 1 aliphatic rings. The van der Waals surface area contributed by atoms with Gasteiger partial charge in [-0.25, -0.2) is 0 Å².